The minimum Gasteiger partial charge on any atom is -0.307 e. The van der Waals surface area contributed by atoms with Gasteiger partial charge < -0.3 is 4.90 Å². The highest BCUT2D eigenvalue weighted by Gasteiger charge is 2.38. The Morgan fingerprint density at radius 2 is 1.36 bits per heavy atom. The van der Waals surface area contributed by atoms with Crippen LogP contribution in [0.25, 0.3) is 0 Å². The number of rotatable bonds is 4. The van der Waals surface area contributed by atoms with Crippen molar-refractivity contribution >= 4 is 11.7 Å². The van der Waals surface area contributed by atoms with Crippen LogP contribution in [-0.2, 0) is 11.2 Å². The van der Waals surface area contributed by atoms with Crippen LogP contribution in [0.4, 0.5) is 0 Å². The van der Waals surface area contributed by atoms with E-state index in [1.165, 1.54) is 6.08 Å². The molecule has 0 N–H and O–H groups in total. The van der Waals surface area contributed by atoms with Crippen LogP contribution in [0.15, 0.2) is 103 Å². The molecule has 0 fully saturated rings. The average Bonchev–Trinajstić information content (AvgIpc) is 2.76. The van der Waals surface area contributed by atoms with Gasteiger partial charge in [-0.3, -0.25) is 9.59 Å². The predicted octanol–water partition coefficient (Wildman–Crippen LogP) is 4.83. The van der Waals surface area contributed by atoms with Crippen LogP contribution in [0, 0.1) is 5.92 Å². The van der Waals surface area contributed by atoms with Gasteiger partial charge in [-0.25, -0.2) is 0 Å². The third kappa shape index (κ3) is 3.65. The van der Waals surface area contributed by atoms with Gasteiger partial charge in [0.15, 0.2) is 5.78 Å². The Morgan fingerprint density at radius 3 is 2.00 bits per heavy atom. The lowest BCUT2D eigenvalue weighted by atomic mass is 9.81. The van der Waals surface area contributed by atoms with Gasteiger partial charge >= 0.3 is 0 Å². The lowest BCUT2D eigenvalue weighted by Crippen LogP contribution is -2.41. The van der Waals surface area contributed by atoms with Gasteiger partial charge in [-0.05, 0) is 35.8 Å². The van der Waals surface area contributed by atoms with E-state index in [9.17, 15) is 9.59 Å². The number of benzene rings is 3. The van der Waals surface area contributed by atoms with E-state index in [0.717, 1.165) is 11.1 Å². The fraction of sp³-hybridized carbons (Fsp3) is 0.120. The Balaban J connectivity index is 1.75. The number of carbonyl (C=O) groups excluding carboxylic acids is 2. The smallest absolute Gasteiger partial charge is 0.258 e. The maximum absolute atomic E-state index is 13.3. The van der Waals surface area contributed by atoms with E-state index in [1.807, 2.05) is 78.9 Å². The number of hydrogen-bond donors (Lipinski definition) is 0. The molecule has 0 aliphatic carbocycles. The second-order valence-electron chi connectivity index (χ2n) is 6.95. The summed E-state index contributed by atoms with van der Waals surface area (Å²) in [7, 11) is 0. The standard InChI is InChI=1S/C25H21NO2/c27-23-16-17-26(25(28)21-14-8-3-9-15-21)24(20-12-6-2-7-13-20)22(23)18-19-10-4-1-5-11-19/h1-17,22,24H,18H2/t22-,24+/m1/s1. The Hall–Kier alpha value is -3.46. The average molecular weight is 367 g/mol. The molecule has 28 heavy (non-hydrogen) atoms. The summed E-state index contributed by atoms with van der Waals surface area (Å²) in [4.78, 5) is 27.8. The first-order valence-corrected chi connectivity index (χ1v) is 9.42. The summed E-state index contributed by atoms with van der Waals surface area (Å²) < 4.78 is 0. The van der Waals surface area contributed by atoms with Crippen LogP contribution in [0.3, 0.4) is 0 Å². The molecule has 0 unspecified atom stereocenters. The monoisotopic (exact) mass is 367 g/mol. The Bertz CT molecular complexity index is 981. The highest BCUT2D eigenvalue weighted by molar-refractivity contribution is 5.99. The zero-order valence-electron chi connectivity index (χ0n) is 15.4. The Morgan fingerprint density at radius 1 is 0.786 bits per heavy atom. The summed E-state index contributed by atoms with van der Waals surface area (Å²) >= 11 is 0. The molecule has 1 amide bonds. The molecule has 3 aromatic carbocycles. The maximum Gasteiger partial charge on any atom is 0.258 e. The van der Waals surface area contributed by atoms with Gasteiger partial charge in [0.2, 0.25) is 0 Å². The third-order valence-electron chi connectivity index (χ3n) is 5.14. The van der Waals surface area contributed by atoms with Crippen molar-refractivity contribution in [1.29, 1.82) is 0 Å². The zero-order chi connectivity index (χ0) is 19.3. The van der Waals surface area contributed by atoms with Crippen LogP contribution >= 0.6 is 0 Å². The van der Waals surface area contributed by atoms with Crippen molar-refractivity contribution in [2.75, 3.05) is 0 Å². The summed E-state index contributed by atoms with van der Waals surface area (Å²) in [5.41, 5.74) is 2.66. The van der Waals surface area contributed by atoms with E-state index in [1.54, 1.807) is 23.2 Å². The molecule has 4 rings (SSSR count). The second-order valence-corrected chi connectivity index (χ2v) is 6.95. The fourth-order valence-electron chi connectivity index (χ4n) is 3.77. The molecule has 1 aliphatic heterocycles. The summed E-state index contributed by atoms with van der Waals surface area (Å²) in [6, 6.07) is 28.6. The molecule has 0 radical (unpaired) electrons. The molecular formula is C25H21NO2. The molecule has 3 nitrogen and oxygen atoms in total. The van der Waals surface area contributed by atoms with Crippen LogP contribution < -0.4 is 0 Å². The molecule has 1 heterocycles. The molecule has 3 aromatic rings. The van der Waals surface area contributed by atoms with Crippen molar-refractivity contribution in [1.82, 2.24) is 4.90 Å². The van der Waals surface area contributed by atoms with Gasteiger partial charge in [0.1, 0.15) is 0 Å². The number of ketones is 1. The largest absolute Gasteiger partial charge is 0.307 e. The van der Waals surface area contributed by atoms with Crippen LogP contribution in [0.2, 0.25) is 0 Å². The summed E-state index contributed by atoms with van der Waals surface area (Å²) in [5.74, 6) is -0.381. The summed E-state index contributed by atoms with van der Waals surface area (Å²) in [5, 5.41) is 0. The molecule has 0 spiro atoms. The minimum atomic E-state index is -0.341. The zero-order valence-corrected chi connectivity index (χ0v) is 15.4. The molecule has 3 heteroatoms. The van der Waals surface area contributed by atoms with E-state index < -0.39 is 0 Å². The van der Waals surface area contributed by atoms with Crippen molar-refractivity contribution < 1.29 is 9.59 Å². The summed E-state index contributed by atoms with van der Waals surface area (Å²) in [6.45, 7) is 0. The first kappa shape index (κ1) is 17.9. The third-order valence-corrected chi connectivity index (χ3v) is 5.14. The van der Waals surface area contributed by atoms with Gasteiger partial charge in [0.05, 0.1) is 12.0 Å². The molecule has 0 bridgehead atoms. The molecule has 0 saturated heterocycles. The molecule has 1 aliphatic rings. The van der Waals surface area contributed by atoms with Crippen molar-refractivity contribution in [3.8, 4) is 0 Å². The second kappa shape index (κ2) is 8.05. The maximum atomic E-state index is 13.3. The molecule has 0 aromatic heterocycles. The highest BCUT2D eigenvalue weighted by Crippen LogP contribution is 2.36. The van der Waals surface area contributed by atoms with Gasteiger partial charge in [0, 0.05) is 11.8 Å². The van der Waals surface area contributed by atoms with E-state index in [4.69, 9.17) is 0 Å². The van der Waals surface area contributed by atoms with Crippen LogP contribution in [0.5, 0.6) is 0 Å². The van der Waals surface area contributed by atoms with Crippen LogP contribution in [0.1, 0.15) is 27.5 Å². The first-order chi connectivity index (χ1) is 13.7. The molecule has 2 atom stereocenters. The molecule has 0 saturated carbocycles. The summed E-state index contributed by atoms with van der Waals surface area (Å²) in [6.07, 6.45) is 3.76. The number of amides is 1. The van der Waals surface area contributed by atoms with Gasteiger partial charge in [-0.2, -0.15) is 0 Å². The normalized spacial score (nSPS) is 18.9. The van der Waals surface area contributed by atoms with E-state index in [2.05, 4.69) is 0 Å². The number of allylic oxidation sites excluding steroid dienone is 1. The van der Waals surface area contributed by atoms with Gasteiger partial charge in [-0.15, -0.1) is 0 Å². The van der Waals surface area contributed by atoms with Crippen LogP contribution in [-0.4, -0.2) is 16.6 Å². The SMILES string of the molecule is O=C1C=CN(C(=O)c2ccccc2)[C@@H](c2ccccc2)[C@@H]1Cc1ccccc1. The quantitative estimate of drug-likeness (QED) is 0.663. The lowest BCUT2D eigenvalue weighted by Gasteiger charge is -2.37. The molecule has 138 valence electrons. The van der Waals surface area contributed by atoms with E-state index in [-0.39, 0.29) is 23.7 Å². The number of nitrogens with zero attached hydrogens (tertiary/aromatic N) is 1. The van der Waals surface area contributed by atoms with Gasteiger partial charge in [0.25, 0.3) is 5.91 Å². The van der Waals surface area contributed by atoms with Crippen molar-refractivity contribution in [2.24, 2.45) is 5.92 Å². The first-order valence-electron chi connectivity index (χ1n) is 9.42. The number of carbonyl (C=O) groups is 2. The molecular weight excluding hydrogens is 346 g/mol. The minimum absolute atomic E-state index is 0.0508. The Kier molecular flexibility index (Phi) is 5.16. The van der Waals surface area contributed by atoms with E-state index in [0.29, 0.717) is 12.0 Å². The van der Waals surface area contributed by atoms with Crippen molar-refractivity contribution in [2.45, 2.75) is 12.5 Å². The lowest BCUT2D eigenvalue weighted by molar-refractivity contribution is -0.120. The van der Waals surface area contributed by atoms with Crippen molar-refractivity contribution in [3.05, 3.63) is 120 Å². The van der Waals surface area contributed by atoms with E-state index >= 15 is 0 Å². The topological polar surface area (TPSA) is 37.4 Å². The van der Waals surface area contributed by atoms with Crippen molar-refractivity contribution in [3.63, 3.8) is 0 Å². The predicted molar refractivity (Wildman–Crippen MR) is 110 cm³/mol. The number of hydrogen-bond acceptors (Lipinski definition) is 2. The van der Waals surface area contributed by atoms with Gasteiger partial charge in [-0.1, -0.05) is 78.9 Å². The Labute approximate surface area is 164 Å². The highest BCUT2D eigenvalue weighted by atomic mass is 16.2. The fourth-order valence-corrected chi connectivity index (χ4v) is 3.77.